The van der Waals surface area contributed by atoms with Gasteiger partial charge in [-0.3, -0.25) is 0 Å². The number of rotatable bonds is 5. The van der Waals surface area contributed by atoms with Crippen molar-refractivity contribution < 1.29 is 9.13 Å². The van der Waals surface area contributed by atoms with Gasteiger partial charge in [0.2, 0.25) is 0 Å². The second-order valence-electron chi connectivity index (χ2n) is 5.66. The summed E-state index contributed by atoms with van der Waals surface area (Å²) in [5.74, 6) is -0.164. The van der Waals surface area contributed by atoms with Crippen LogP contribution in [0, 0.1) is 5.82 Å². The minimum Gasteiger partial charge on any atom is -0.372 e. The summed E-state index contributed by atoms with van der Waals surface area (Å²) in [6.07, 6.45) is 1.45. The molecule has 1 aromatic rings. The fraction of sp³-hybridized carbons (Fsp3) is 0.625. The minimum atomic E-state index is -0.164. The van der Waals surface area contributed by atoms with Gasteiger partial charge in [0.05, 0.1) is 12.2 Å². The summed E-state index contributed by atoms with van der Waals surface area (Å²) < 4.78 is 19.5. The van der Waals surface area contributed by atoms with E-state index in [1.807, 2.05) is 0 Å². The SMILES string of the molecule is CCCNCc1cc(F)cc(N2C[C@@H](C)O[C@@H](C)C2)c1. The summed E-state index contributed by atoms with van der Waals surface area (Å²) in [6, 6.07) is 5.31. The van der Waals surface area contributed by atoms with Crippen LogP contribution in [0.25, 0.3) is 0 Å². The average Bonchev–Trinajstić information content (AvgIpc) is 2.37. The van der Waals surface area contributed by atoms with Crippen LogP contribution in [-0.2, 0) is 11.3 Å². The molecule has 1 heterocycles. The van der Waals surface area contributed by atoms with Crippen molar-refractivity contribution in [1.82, 2.24) is 5.32 Å². The van der Waals surface area contributed by atoms with Crippen molar-refractivity contribution in [3.63, 3.8) is 0 Å². The first kappa shape index (κ1) is 15.3. The molecule has 0 unspecified atom stereocenters. The summed E-state index contributed by atoms with van der Waals surface area (Å²) in [5, 5.41) is 3.32. The van der Waals surface area contributed by atoms with Crippen molar-refractivity contribution in [3.8, 4) is 0 Å². The minimum absolute atomic E-state index is 0.164. The zero-order valence-corrected chi connectivity index (χ0v) is 12.7. The van der Waals surface area contributed by atoms with Crippen molar-refractivity contribution in [3.05, 3.63) is 29.6 Å². The molecule has 0 spiro atoms. The van der Waals surface area contributed by atoms with E-state index in [1.165, 1.54) is 0 Å². The first-order valence-corrected chi connectivity index (χ1v) is 7.49. The lowest BCUT2D eigenvalue weighted by molar-refractivity contribution is -0.00523. The molecule has 0 aliphatic carbocycles. The maximum absolute atomic E-state index is 13.8. The number of nitrogens with zero attached hydrogens (tertiary/aromatic N) is 1. The Hall–Kier alpha value is -1.13. The number of hydrogen-bond donors (Lipinski definition) is 1. The lowest BCUT2D eigenvalue weighted by Crippen LogP contribution is -2.45. The van der Waals surface area contributed by atoms with Gasteiger partial charge < -0.3 is 15.0 Å². The van der Waals surface area contributed by atoms with E-state index >= 15 is 0 Å². The second-order valence-corrected chi connectivity index (χ2v) is 5.66. The van der Waals surface area contributed by atoms with Gasteiger partial charge in [-0.15, -0.1) is 0 Å². The number of nitrogens with one attached hydrogen (secondary N) is 1. The van der Waals surface area contributed by atoms with Crippen LogP contribution in [0.1, 0.15) is 32.8 Å². The first-order valence-electron chi connectivity index (χ1n) is 7.49. The smallest absolute Gasteiger partial charge is 0.125 e. The molecular weight excluding hydrogens is 255 g/mol. The van der Waals surface area contributed by atoms with Crippen LogP contribution in [0.3, 0.4) is 0 Å². The van der Waals surface area contributed by atoms with Gasteiger partial charge in [0.1, 0.15) is 5.82 Å². The Bertz CT molecular complexity index is 428. The van der Waals surface area contributed by atoms with Crippen LogP contribution in [-0.4, -0.2) is 31.8 Å². The molecule has 20 heavy (non-hydrogen) atoms. The van der Waals surface area contributed by atoms with E-state index in [0.29, 0.717) is 6.54 Å². The molecule has 1 saturated heterocycles. The van der Waals surface area contributed by atoms with Crippen LogP contribution < -0.4 is 10.2 Å². The number of hydrogen-bond acceptors (Lipinski definition) is 3. The van der Waals surface area contributed by atoms with Gasteiger partial charge in [0.15, 0.2) is 0 Å². The molecule has 1 aromatic carbocycles. The number of halogens is 1. The third-order valence-corrected chi connectivity index (χ3v) is 3.48. The average molecular weight is 280 g/mol. The molecule has 1 aliphatic heterocycles. The van der Waals surface area contributed by atoms with Crippen molar-refractivity contribution >= 4 is 5.69 Å². The Kier molecular flexibility index (Phi) is 5.38. The zero-order chi connectivity index (χ0) is 14.5. The Balaban J connectivity index is 2.10. The summed E-state index contributed by atoms with van der Waals surface area (Å²) in [5.41, 5.74) is 1.96. The molecule has 0 amide bonds. The van der Waals surface area contributed by atoms with Crippen molar-refractivity contribution in [2.24, 2.45) is 0 Å². The fourth-order valence-electron chi connectivity index (χ4n) is 2.72. The highest BCUT2D eigenvalue weighted by molar-refractivity contribution is 5.49. The van der Waals surface area contributed by atoms with E-state index in [1.54, 1.807) is 12.1 Å². The van der Waals surface area contributed by atoms with E-state index in [2.05, 4.69) is 37.1 Å². The molecule has 1 aliphatic rings. The number of morpholine rings is 1. The van der Waals surface area contributed by atoms with Crippen LogP contribution in [0.15, 0.2) is 18.2 Å². The monoisotopic (exact) mass is 280 g/mol. The summed E-state index contributed by atoms with van der Waals surface area (Å²) in [6.45, 7) is 9.55. The molecule has 1 N–H and O–H groups in total. The third kappa shape index (κ3) is 4.18. The van der Waals surface area contributed by atoms with Gasteiger partial charge in [-0.2, -0.15) is 0 Å². The Morgan fingerprint density at radius 3 is 2.60 bits per heavy atom. The predicted molar refractivity (Wildman–Crippen MR) is 80.6 cm³/mol. The largest absolute Gasteiger partial charge is 0.372 e. The molecule has 112 valence electrons. The predicted octanol–water partition coefficient (Wildman–Crippen LogP) is 2.94. The summed E-state index contributed by atoms with van der Waals surface area (Å²) >= 11 is 0. The number of anilines is 1. The van der Waals surface area contributed by atoms with Gasteiger partial charge >= 0.3 is 0 Å². The zero-order valence-electron chi connectivity index (χ0n) is 12.7. The Morgan fingerprint density at radius 2 is 1.95 bits per heavy atom. The summed E-state index contributed by atoms with van der Waals surface area (Å²) in [4.78, 5) is 2.21. The molecule has 2 rings (SSSR count). The van der Waals surface area contributed by atoms with Gasteiger partial charge in [0, 0.05) is 25.3 Å². The topological polar surface area (TPSA) is 24.5 Å². The molecule has 0 aromatic heterocycles. The quantitative estimate of drug-likeness (QED) is 0.839. The fourth-order valence-corrected chi connectivity index (χ4v) is 2.72. The normalized spacial score (nSPS) is 23.1. The highest BCUT2D eigenvalue weighted by atomic mass is 19.1. The van der Waals surface area contributed by atoms with Crippen LogP contribution in [0.2, 0.25) is 0 Å². The van der Waals surface area contributed by atoms with Gasteiger partial charge in [0.25, 0.3) is 0 Å². The lowest BCUT2D eigenvalue weighted by atomic mass is 10.1. The first-order chi connectivity index (χ1) is 9.58. The molecule has 0 saturated carbocycles. The van der Waals surface area contributed by atoms with Crippen molar-refractivity contribution in [1.29, 1.82) is 0 Å². The van der Waals surface area contributed by atoms with E-state index in [9.17, 15) is 4.39 Å². The maximum atomic E-state index is 13.8. The van der Waals surface area contributed by atoms with Crippen LogP contribution in [0.5, 0.6) is 0 Å². The van der Waals surface area contributed by atoms with Gasteiger partial charge in [-0.05, 0) is 50.6 Å². The lowest BCUT2D eigenvalue weighted by Gasteiger charge is -2.37. The molecule has 1 fully saturated rings. The van der Waals surface area contributed by atoms with Gasteiger partial charge in [-0.25, -0.2) is 4.39 Å². The Morgan fingerprint density at radius 1 is 1.25 bits per heavy atom. The number of ether oxygens (including phenoxy) is 1. The van der Waals surface area contributed by atoms with Crippen LogP contribution >= 0.6 is 0 Å². The van der Waals surface area contributed by atoms with E-state index in [0.717, 1.165) is 37.3 Å². The maximum Gasteiger partial charge on any atom is 0.125 e. The van der Waals surface area contributed by atoms with Crippen molar-refractivity contribution in [2.45, 2.75) is 45.9 Å². The number of benzene rings is 1. The molecule has 0 radical (unpaired) electrons. The van der Waals surface area contributed by atoms with Gasteiger partial charge in [-0.1, -0.05) is 6.92 Å². The molecule has 0 bridgehead atoms. The highest BCUT2D eigenvalue weighted by Gasteiger charge is 2.22. The van der Waals surface area contributed by atoms with E-state index in [4.69, 9.17) is 4.74 Å². The standard InChI is InChI=1S/C16H25FN2O/c1-4-5-18-9-14-6-15(17)8-16(7-14)19-10-12(2)20-13(3)11-19/h6-8,12-13,18H,4-5,9-11H2,1-3H3/t12-,13+. The molecule has 4 heteroatoms. The van der Waals surface area contributed by atoms with E-state index in [-0.39, 0.29) is 18.0 Å². The molecular formula is C16H25FN2O. The Labute approximate surface area is 121 Å². The van der Waals surface area contributed by atoms with E-state index < -0.39 is 0 Å². The summed E-state index contributed by atoms with van der Waals surface area (Å²) in [7, 11) is 0. The van der Waals surface area contributed by atoms with Crippen molar-refractivity contribution in [2.75, 3.05) is 24.5 Å². The third-order valence-electron chi connectivity index (χ3n) is 3.48. The second kappa shape index (κ2) is 7.04. The molecule has 2 atom stereocenters. The van der Waals surface area contributed by atoms with Crippen LogP contribution in [0.4, 0.5) is 10.1 Å². The highest BCUT2D eigenvalue weighted by Crippen LogP contribution is 2.23. The molecule has 3 nitrogen and oxygen atoms in total.